The van der Waals surface area contributed by atoms with Crippen LogP contribution in [0.4, 0.5) is 0 Å². The lowest BCUT2D eigenvalue weighted by atomic mass is 9.95. The van der Waals surface area contributed by atoms with Gasteiger partial charge in [-0.3, -0.25) is 9.59 Å². The molecule has 2 saturated heterocycles. The molecule has 0 radical (unpaired) electrons. The summed E-state index contributed by atoms with van der Waals surface area (Å²) in [7, 11) is 1.31. The maximum Gasteiger partial charge on any atom is 0.308 e. The van der Waals surface area contributed by atoms with Crippen LogP contribution in [0.25, 0.3) is 0 Å². The van der Waals surface area contributed by atoms with Crippen LogP contribution in [0.15, 0.2) is 0 Å². The molecule has 0 N–H and O–H groups in total. The summed E-state index contributed by atoms with van der Waals surface area (Å²) < 4.78 is 16.1. The van der Waals surface area contributed by atoms with Gasteiger partial charge in [-0.2, -0.15) is 0 Å². The fourth-order valence-corrected chi connectivity index (χ4v) is 2.59. The van der Waals surface area contributed by atoms with E-state index in [1.165, 1.54) is 7.11 Å². The molecule has 0 spiro atoms. The molecule has 0 saturated carbocycles. The van der Waals surface area contributed by atoms with E-state index in [0.717, 1.165) is 19.3 Å². The fraction of sp³-hybridized carbons (Fsp3) is 0.846. The van der Waals surface area contributed by atoms with Gasteiger partial charge in [-0.25, -0.2) is 0 Å². The summed E-state index contributed by atoms with van der Waals surface area (Å²) in [5, 5.41) is 0. The number of ether oxygens (including phenoxy) is 3. The summed E-state index contributed by atoms with van der Waals surface area (Å²) in [6.07, 6.45) is 2.56. The molecule has 0 aromatic carbocycles. The van der Waals surface area contributed by atoms with E-state index in [1.807, 2.05) is 6.92 Å². The quantitative estimate of drug-likeness (QED) is 0.695. The van der Waals surface area contributed by atoms with Crippen LogP contribution in [0.1, 0.15) is 39.0 Å². The van der Waals surface area contributed by atoms with Crippen molar-refractivity contribution in [1.82, 2.24) is 0 Å². The zero-order chi connectivity index (χ0) is 13.1. The molecule has 2 aliphatic heterocycles. The maximum atomic E-state index is 11.9. The van der Waals surface area contributed by atoms with Crippen molar-refractivity contribution in [3.05, 3.63) is 0 Å². The van der Waals surface area contributed by atoms with Crippen LogP contribution in [0.5, 0.6) is 0 Å². The predicted molar refractivity (Wildman–Crippen MR) is 63.1 cm³/mol. The fourth-order valence-electron chi connectivity index (χ4n) is 2.59. The van der Waals surface area contributed by atoms with Gasteiger partial charge < -0.3 is 14.2 Å². The Morgan fingerprint density at radius 2 is 2.11 bits per heavy atom. The molecule has 2 aliphatic rings. The Kier molecular flexibility index (Phi) is 4.35. The van der Waals surface area contributed by atoms with Crippen molar-refractivity contribution in [2.24, 2.45) is 0 Å². The van der Waals surface area contributed by atoms with Crippen LogP contribution < -0.4 is 0 Å². The minimum Gasteiger partial charge on any atom is -0.469 e. The topological polar surface area (TPSA) is 61.8 Å². The molecule has 4 atom stereocenters. The minimum absolute atomic E-state index is 0.00804. The summed E-state index contributed by atoms with van der Waals surface area (Å²) in [4.78, 5) is 23.1. The molecule has 0 aromatic heterocycles. The molecule has 0 bridgehead atoms. The molecule has 102 valence electrons. The number of ketones is 1. The van der Waals surface area contributed by atoms with Gasteiger partial charge in [0.15, 0.2) is 5.78 Å². The average molecular weight is 256 g/mol. The zero-order valence-electron chi connectivity index (χ0n) is 10.9. The Bertz CT molecular complexity index is 327. The first-order valence-electron chi connectivity index (χ1n) is 6.50. The van der Waals surface area contributed by atoms with E-state index in [-0.39, 0.29) is 30.5 Å². The Balaban J connectivity index is 1.99. The maximum absolute atomic E-state index is 11.9. The predicted octanol–water partition coefficient (Wildman–Crippen LogP) is 1.23. The Morgan fingerprint density at radius 1 is 1.33 bits per heavy atom. The number of rotatable bonds is 2. The molecule has 2 heterocycles. The van der Waals surface area contributed by atoms with Gasteiger partial charge in [0.2, 0.25) is 0 Å². The summed E-state index contributed by atoms with van der Waals surface area (Å²) in [5.41, 5.74) is 0. The van der Waals surface area contributed by atoms with Crippen LogP contribution in [0.3, 0.4) is 0 Å². The zero-order valence-corrected chi connectivity index (χ0v) is 10.9. The Hall–Kier alpha value is -0.940. The lowest BCUT2D eigenvalue weighted by molar-refractivity contribution is -0.174. The van der Waals surface area contributed by atoms with Gasteiger partial charge in [-0.15, -0.1) is 0 Å². The van der Waals surface area contributed by atoms with E-state index in [1.54, 1.807) is 0 Å². The smallest absolute Gasteiger partial charge is 0.308 e. The number of Topliss-reactive ketones (excluding diaryl/α,β-unsaturated/α-hetero) is 1. The van der Waals surface area contributed by atoms with Gasteiger partial charge in [-0.1, -0.05) is 0 Å². The molecule has 0 amide bonds. The lowest BCUT2D eigenvalue weighted by Crippen LogP contribution is -2.46. The van der Waals surface area contributed by atoms with Crippen LogP contribution in [0, 0.1) is 0 Å². The van der Waals surface area contributed by atoms with Crippen molar-refractivity contribution < 1.29 is 23.8 Å². The first kappa shape index (κ1) is 13.5. The normalized spacial score (nSPS) is 36.7. The van der Waals surface area contributed by atoms with E-state index in [9.17, 15) is 9.59 Å². The number of hydrogen-bond donors (Lipinski definition) is 0. The largest absolute Gasteiger partial charge is 0.469 e. The van der Waals surface area contributed by atoms with Gasteiger partial charge in [-0.05, 0) is 26.2 Å². The van der Waals surface area contributed by atoms with Crippen molar-refractivity contribution in [1.29, 1.82) is 0 Å². The standard InChI is InChI=1S/C13H20O5/c1-8-4-3-5-10-12(17-8)6-9(14)11(18-10)7-13(15)16-2/h8,10-12H,3-7H2,1-2H3/t8-,10-,11+,12+/m0/s1. The molecule has 0 aliphatic carbocycles. The highest BCUT2D eigenvalue weighted by Crippen LogP contribution is 2.29. The van der Waals surface area contributed by atoms with Crippen LogP contribution in [-0.2, 0) is 23.8 Å². The molecule has 5 heteroatoms. The second-order valence-electron chi connectivity index (χ2n) is 5.03. The molecule has 0 aromatic rings. The van der Waals surface area contributed by atoms with E-state index in [0.29, 0.717) is 6.42 Å². The number of fused-ring (bicyclic) bond motifs is 1. The van der Waals surface area contributed by atoms with E-state index < -0.39 is 12.1 Å². The van der Waals surface area contributed by atoms with E-state index >= 15 is 0 Å². The van der Waals surface area contributed by atoms with Crippen molar-refractivity contribution in [3.8, 4) is 0 Å². The summed E-state index contributed by atoms with van der Waals surface area (Å²) in [6.45, 7) is 2.02. The molecular weight excluding hydrogens is 236 g/mol. The second-order valence-corrected chi connectivity index (χ2v) is 5.03. The number of methoxy groups -OCH3 is 1. The van der Waals surface area contributed by atoms with Gasteiger partial charge in [0, 0.05) is 6.42 Å². The van der Waals surface area contributed by atoms with Crippen molar-refractivity contribution >= 4 is 11.8 Å². The van der Waals surface area contributed by atoms with E-state index in [2.05, 4.69) is 4.74 Å². The molecule has 2 fully saturated rings. The van der Waals surface area contributed by atoms with Gasteiger partial charge in [0.1, 0.15) is 6.10 Å². The average Bonchev–Trinajstić information content (AvgIpc) is 2.50. The van der Waals surface area contributed by atoms with Crippen molar-refractivity contribution in [2.45, 2.75) is 63.4 Å². The first-order chi connectivity index (χ1) is 8.60. The summed E-state index contributed by atoms with van der Waals surface area (Å²) >= 11 is 0. The lowest BCUT2D eigenvalue weighted by Gasteiger charge is -2.34. The van der Waals surface area contributed by atoms with Gasteiger partial charge >= 0.3 is 5.97 Å². The summed E-state index contributed by atoms with van der Waals surface area (Å²) in [6, 6.07) is 0. The number of hydrogen-bond acceptors (Lipinski definition) is 5. The van der Waals surface area contributed by atoms with Gasteiger partial charge in [0.05, 0.1) is 31.8 Å². The van der Waals surface area contributed by atoms with Crippen LogP contribution in [-0.4, -0.2) is 43.3 Å². The number of esters is 1. The van der Waals surface area contributed by atoms with Crippen molar-refractivity contribution in [2.75, 3.05) is 7.11 Å². The third-order valence-electron chi connectivity index (χ3n) is 3.60. The molecule has 18 heavy (non-hydrogen) atoms. The van der Waals surface area contributed by atoms with Gasteiger partial charge in [0.25, 0.3) is 0 Å². The third kappa shape index (κ3) is 3.09. The van der Waals surface area contributed by atoms with Crippen LogP contribution in [0.2, 0.25) is 0 Å². The SMILES string of the molecule is COC(=O)C[C@H]1O[C@H]2CCC[C@H](C)O[C@@H]2CC1=O. The van der Waals surface area contributed by atoms with E-state index in [4.69, 9.17) is 9.47 Å². The highest BCUT2D eigenvalue weighted by Gasteiger charge is 2.40. The third-order valence-corrected chi connectivity index (χ3v) is 3.60. The second kappa shape index (κ2) is 5.80. The summed E-state index contributed by atoms with van der Waals surface area (Å²) in [5.74, 6) is -0.467. The number of carbonyl (C=O) groups is 2. The molecule has 5 nitrogen and oxygen atoms in total. The molecule has 0 unspecified atom stereocenters. The first-order valence-corrected chi connectivity index (χ1v) is 6.50. The van der Waals surface area contributed by atoms with Crippen molar-refractivity contribution in [3.63, 3.8) is 0 Å². The highest BCUT2D eigenvalue weighted by molar-refractivity contribution is 5.88. The number of carbonyl (C=O) groups excluding carboxylic acids is 2. The minimum atomic E-state index is -0.657. The molecule has 2 rings (SSSR count). The molecular formula is C13H20O5. The Morgan fingerprint density at radius 3 is 2.83 bits per heavy atom. The monoisotopic (exact) mass is 256 g/mol. The Labute approximate surface area is 107 Å². The highest BCUT2D eigenvalue weighted by atomic mass is 16.6. The van der Waals surface area contributed by atoms with Crippen LogP contribution >= 0.6 is 0 Å².